The summed E-state index contributed by atoms with van der Waals surface area (Å²) in [6.07, 6.45) is -1.72. The van der Waals surface area contributed by atoms with Gasteiger partial charge in [0.15, 0.2) is 15.6 Å². The van der Waals surface area contributed by atoms with Gasteiger partial charge in [-0.05, 0) is 35.9 Å². The number of nitrogens with one attached hydrogen (secondary N) is 3. The van der Waals surface area contributed by atoms with Crippen LogP contribution in [0.2, 0.25) is 0 Å². The Kier molecular flexibility index (Phi) is 8.24. The number of nitrogens with two attached hydrogens (primary N) is 2. The Balaban J connectivity index is 1.55. The van der Waals surface area contributed by atoms with Crippen molar-refractivity contribution in [3.05, 3.63) is 78.4 Å². The first-order chi connectivity index (χ1) is 19.1. The van der Waals surface area contributed by atoms with Crippen LogP contribution in [0.4, 0.5) is 10.5 Å². The predicted octanol–water partition coefficient (Wildman–Crippen LogP) is 1.72. The number of amides is 1. The van der Waals surface area contributed by atoms with Crippen molar-refractivity contribution in [3.63, 3.8) is 0 Å². The van der Waals surface area contributed by atoms with E-state index in [9.17, 15) is 30.0 Å². The minimum Gasteiger partial charge on any atom is -0.426 e. The van der Waals surface area contributed by atoms with Crippen molar-refractivity contribution >= 4 is 47.5 Å². The van der Waals surface area contributed by atoms with Crippen LogP contribution in [0.1, 0.15) is 18.4 Å². The van der Waals surface area contributed by atoms with Crippen molar-refractivity contribution < 1.29 is 34.8 Å². The fourth-order valence-corrected chi connectivity index (χ4v) is 7.87. The summed E-state index contributed by atoms with van der Waals surface area (Å²) in [5.74, 6) is -1.20. The van der Waals surface area contributed by atoms with E-state index in [1.165, 1.54) is 48.5 Å². The van der Waals surface area contributed by atoms with Crippen LogP contribution in [0, 0.1) is 5.41 Å². The number of anilines is 1. The minimum atomic E-state index is -4.34. The van der Waals surface area contributed by atoms with Gasteiger partial charge in [0.05, 0.1) is 21.3 Å². The molecule has 1 amide bonds. The number of ether oxygens (including phenoxy) is 1. The highest BCUT2D eigenvalue weighted by atomic mass is 32.2. The van der Waals surface area contributed by atoms with Crippen molar-refractivity contribution in [1.82, 2.24) is 4.72 Å². The molecule has 0 unspecified atom stereocenters. The Bertz CT molecular complexity index is 1810. The molecule has 13 nitrogen and oxygen atoms in total. The number of primary sulfonamides is 1. The first-order valence-electron chi connectivity index (χ1n) is 12.0. The van der Waals surface area contributed by atoms with Gasteiger partial charge in [0.25, 0.3) is 0 Å². The number of benzene rings is 3. The molecule has 4 rings (SSSR count). The van der Waals surface area contributed by atoms with Crippen LogP contribution in [-0.4, -0.2) is 54.4 Å². The Morgan fingerprint density at radius 3 is 2.17 bits per heavy atom. The average molecular weight is 622 g/mol. The molecule has 0 bridgehead atoms. The standard InChI is InChI=1S/C25H27N5O8S3/c26-23(27)18-4-3-5-20(16-18)41(36,37)30-25(12-14-39(32,33)15-13-25)38-24(31)29-19-10-8-17(9-11-19)21-6-1-2-7-22(21)40(28,34)35/h1-11,16,30H,12-15H2,(H3,26,27)(H,29,31)(H2,28,34,35). The molecule has 1 fully saturated rings. The summed E-state index contributed by atoms with van der Waals surface area (Å²) in [4.78, 5) is 12.6. The topological polar surface area (TPSA) is 229 Å². The fourth-order valence-electron chi connectivity index (χ4n) is 4.23. The fraction of sp³-hybridized carbons (Fsp3) is 0.200. The van der Waals surface area contributed by atoms with E-state index in [1.807, 2.05) is 0 Å². The molecule has 1 saturated heterocycles. The summed E-state index contributed by atoms with van der Waals surface area (Å²) in [5, 5.41) is 15.3. The number of rotatable bonds is 8. The van der Waals surface area contributed by atoms with Crippen LogP contribution in [0.3, 0.4) is 0 Å². The second-order valence-electron chi connectivity index (χ2n) is 9.33. The zero-order valence-electron chi connectivity index (χ0n) is 21.4. The van der Waals surface area contributed by atoms with Gasteiger partial charge in [0.2, 0.25) is 20.0 Å². The van der Waals surface area contributed by atoms with E-state index in [0.29, 0.717) is 11.1 Å². The SMILES string of the molecule is N=C(N)c1cccc(S(=O)(=O)NC2(OC(=O)Nc3ccc(-c4ccccc4S(N)(=O)=O)cc3)CCS(=O)(=O)CC2)c1. The molecule has 0 aromatic heterocycles. The average Bonchev–Trinajstić information content (AvgIpc) is 2.90. The molecular formula is C25H27N5O8S3. The normalized spacial score (nSPS) is 16.4. The minimum absolute atomic E-state index is 0.0737. The van der Waals surface area contributed by atoms with E-state index in [1.54, 1.807) is 24.3 Å². The van der Waals surface area contributed by atoms with Crippen molar-refractivity contribution in [2.45, 2.75) is 28.4 Å². The van der Waals surface area contributed by atoms with E-state index < -0.39 is 53.2 Å². The third kappa shape index (κ3) is 7.28. The third-order valence-corrected chi connectivity index (χ3v) is 10.5. The summed E-state index contributed by atoms with van der Waals surface area (Å²) in [7, 11) is -11.8. The van der Waals surface area contributed by atoms with Crippen LogP contribution in [0.5, 0.6) is 0 Å². The molecular weight excluding hydrogens is 595 g/mol. The molecule has 41 heavy (non-hydrogen) atoms. The number of hydrogen-bond donors (Lipinski definition) is 5. The van der Waals surface area contributed by atoms with Crippen LogP contribution in [0.25, 0.3) is 11.1 Å². The van der Waals surface area contributed by atoms with Crippen LogP contribution in [0.15, 0.2) is 82.6 Å². The molecule has 0 aliphatic carbocycles. The second-order valence-corrected chi connectivity index (χ2v) is 14.8. The second kappa shape index (κ2) is 11.2. The zero-order chi connectivity index (χ0) is 30.1. The predicted molar refractivity (Wildman–Crippen MR) is 152 cm³/mol. The largest absolute Gasteiger partial charge is 0.426 e. The van der Waals surface area contributed by atoms with Crippen LogP contribution in [-0.2, 0) is 34.6 Å². The number of nitrogen functional groups attached to an aromatic ring is 1. The molecule has 1 aliphatic rings. The Hall–Kier alpha value is -3.83. The van der Waals surface area contributed by atoms with E-state index in [0.717, 1.165) is 0 Å². The van der Waals surface area contributed by atoms with Gasteiger partial charge in [-0.15, -0.1) is 0 Å². The Morgan fingerprint density at radius 2 is 1.56 bits per heavy atom. The van der Waals surface area contributed by atoms with Crippen molar-refractivity contribution in [1.29, 1.82) is 5.41 Å². The highest BCUT2D eigenvalue weighted by Gasteiger charge is 2.44. The van der Waals surface area contributed by atoms with Crippen molar-refractivity contribution in [3.8, 4) is 11.1 Å². The van der Waals surface area contributed by atoms with E-state index in [4.69, 9.17) is 21.0 Å². The summed E-state index contributed by atoms with van der Waals surface area (Å²) < 4.78 is 82.4. The summed E-state index contributed by atoms with van der Waals surface area (Å²) >= 11 is 0. The lowest BCUT2D eigenvalue weighted by Crippen LogP contribution is -2.56. The number of carbonyl (C=O) groups is 1. The smallest absolute Gasteiger partial charge is 0.413 e. The van der Waals surface area contributed by atoms with Crippen molar-refractivity contribution in [2.75, 3.05) is 16.8 Å². The Labute approximate surface area is 237 Å². The molecule has 1 aliphatic heterocycles. The Morgan fingerprint density at radius 1 is 0.927 bits per heavy atom. The number of sulfone groups is 1. The first kappa shape index (κ1) is 30.1. The molecule has 0 saturated carbocycles. The lowest BCUT2D eigenvalue weighted by Gasteiger charge is -2.36. The number of amidine groups is 1. The van der Waals surface area contributed by atoms with Gasteiger partial charge < -0.3 is 10.5 Å². The molecule has 3 aromatic carbocycles. The van der Waals surface area contributed by atoms with Gasteiger partial charge in [-0.25, -0.2) is 35.2 Å². The quantitative estimate of drug-likeness (QED) is 0.140. The molecule has 0 spiro atoms. The number of sulfonamides is 2. The van der Waals surface area contributed by atoms with E-state index in [-0.39, 0.29) is 39.7 Å². The van der Waals surface area contributed by atoms with Gasteiger partial charge in [0.1, 0.15) is 5.84 Å². The first-order valence-corrected chi connectivity index (χ1v) is 16.9. The number of hydrogen-bond acceptors (Lipinski definition) is 9. The molecule has 0 atom stereocenters. The highest BCUT2D eigenvalue weighted by molar-refractivity contribution is 7.91. The maximum Gasteiger partial charge on any atom is 0.413 e. The lowest BCUT2D eigenvalue weighted by atomic mass is 10.1. The molecule has 7 N–H and O–H groups in total. The molecule has 1 heterocycles. The molecule has 3 aromatic rings. The summed E-state index contributed by atoms with van der Waals surface area (Å²) in [5.41, 5.74) is 4.84. The van der Waals surface area contributed by atoms with Gasteiger partial charge in [-0.1, -0.05) is 42.5 Å². The summed E-state index contributed by atoms with van der Waals surface area (Å²) in [6.45, 7) is 0. The monoisotopic (exact) mass is 621 g/mol. The maximum atomic E-state index is 13.2. The van der Waals surface area contributed by atoms with Gasteiger partial charge >= 0.3 is 6.09 Å². The van der Waals surface area contributed by atoms with Crippen LogP contribution < -0.4 is 20.9 Å². The molecule has 218 valence electrons. The number of carbonyl (C=O) groups excluding carboxylic acids is 1. The van der Waals surface area contributed by atoms with Gasteiger partial charge in [0, 0.05) is 29.7 Å². The van der Waals surface area contributed by atoms with E-state index in [2.05, 4.69) is 10.0 Å². The lowest BCUT2D eigenvalue weighted by molar-refractivity contribution is 0.00224. The molecule has 16 heteroatoms. The van der Waals surface area contributed by atoms with Crippen LogP contribution >= 0.6 is 0 Å². The van der Waals surface area contributed by atoms with E-state index >= 15 is 0 Å². The zero-order valence-corrected chi connectivity index (χ0v) is 23.9. The summed E-state index contributed by atoms with van der Waals surface area (Å²) in [6, 6.07) is 17.5. The van der Waals surface area contributed by atoms with Crippen molar-refractivity contribution in [2.24, 2.45) is 10.9 Å². The van der Waals surface area contributed by atoms with Gasteiger partial charge in [-0.3, -0.25) is 10.7 Å². The van der Waals surface area contributed by atoms with Gasteiger partial charge in [-0.2, -0.15) is 4.72 Å². The maximum absolute atomic E-state index is 13.2. The molecule has 0 radical (unpaired) electrons. The highest BCUT2D eigenvalue weighted by Crippen LogP contribution is 2.30. The third-order valence-electron chi connectivity index (χ3n) is 6.33.